The van der Waals surface area contributed by atoms with Crippen molar-refractivity contribution in [3.05, 3.63) is 41.2 Å². The predicted octanol–water partition coefficient (Wildman–Crippen LogP) is 5.13. The van der Waals surface area contributed by atoms with Crippen molar-refractivity contribution in [3.63, 3.8) is 0 Å². The Morgan fingerprint density at radius 3 is 2.50 bits per heavy atom. The molecule has 2 aliphatic heterocycles. The fraction of sp³-hybridized carbons (Fsp3) is 0.556. The van der Waals surface area contributed by atoms with Crippen molar-refractivity contribution in [1.82, 2.24) is 9.88 Å². The minimum Gasteiger partial charge on any atom is -0.497 e. The highest BCUT2D eigenvalue weighted by molar-refractivity contribution is 7.19. The van der Waals surface area contributed by atoms with Crippen molar-refractivity contribution >= 4 is 33.3 Å². The molecule has 0 aliphatic carbocycles. The van der Waals surface area contributed by atoms with Crippen LogP contribution in [0, 0.1) is 5.92 Å². The maximum absolute atomic E-state index is 11.9. The summed E-state index contributed by atoms with van der Waals surface area (Å²) in [6.07, 6.45) is 10.6. The Labute approximate surface area is 216 Å². The van der Waals surface area contributed by atoms with Crippen LogP contribution in [0.15, 0.2) is 41.2 Å². The minimum atomic E-state index is -0.452. The maximum atomic E-state index is 11.9. The van der Waals surface area contributed by atoms with Crippen molar-refractivity contribution in [1.29, 1.82) is 0 Å². The van der Waals surface area contributed by atoms with Gasteiger partial charge in [-0.3, -0.25) is 0 Å². The first-order chi connectivity index (χ1) is 17.8. The fourth-order valence-electron chi connectivity index (χ4n) is 4.34. The second-order valence-electron chi connectivity index (χ2n) is 8.81. The van der Waals surface area contributed by atoms with E-state index >= 15 is 0 Å². The summed E-state index contributed by atoms with van der Waals surface area (Å²) < 4.78 is 34.5. The Morgan fingerprint density at radius 2 is 1.75 bits per heavy atom. The molecule has 0 unspecified atom stereocenters. The Bertz CT molecular complexity index is 1050. The van der Waals surface area contributed by atoms with Gasteiger partial charge < -0.3 is 23.8 Å². The Morgan fingerprint density at radius 1 is 1.00 bits per heavy atom. The lowest BCUT2D eigenvalue weighted by molar-refractivity contribution is 0.00910. The number of ether oxygens (including phenoxy) is 4. The van der Waals surface area contributed by atoms with Gasteiger partial charge in [0.25, 0.3) is 0 Å². The lowest BCUT2D eigenvalue weighted by atomic mass is 9.94. The Kier molecular flexibility index (Phi) is 10.7. The van der Waals surface area contributed by atoms with Crippen LogP contribution in [0.4, 0.5) is 4.39 Å². The van der Waals surface area contributed by atoms with E-state index in [1.54, 1.807) is 18.4 Å². The van der Waals surface area contributed by atoms with E-state index in [9.17, 15) is 4.39 Å². The standard InChI is InChI=1S/C27H36FN3O4S/c1-32-23-5-6-24-25(19-23)36-27(30-24)22-3-2-4-26(29-20-22)31-11-7-21(8-12-31)9-13-33-15-17-35-18-16-34-14-10-28/h3-6,19-21H,2,7-18H2,1H3. The van der Waals surface area contributed by atoms with Crippen LogP contribution in [0.1, 0.15) is 30.7 Å². The van der Waals surface area contributed by atoms with E-state index in [2.05, 4.69) is 17.1 Å². The van der Waals surface area contributed by atoms with Gasteiger partial charge in [0, 0.05) is 31.5 Å². The molecule has 7 nitrogen and oxygen atoms in total. The number of likely N-dealkylation sites (tertiary alicyclic amines) is 1. The van der Waals surface area contributed by atoms with Gasteiger partial charge in [-0.15, -0.1) is 11.3 Å². The van der Waals surface area contributed by atoms with Crippen molar-refractivity contribution in [2.75, 3.05) is 66.5 Å². The molecule has 1 aromatic carbocycles. The van der Waals surface area contributed by atoms with E-state index in [0.29, 0.717) is 32.3 Å². The zero-order chi connectivity index (χ0) is 25.0. The summed E-state index contributed by atoms with van der Waals surface area (Å²) >= 11 is 1.67. The molecule has 196 valence electrons. The van der Waals surface area contributed by atoms with Crippen molar-refractivity contribution in [2.24, 2.45) is 10.9 Å². The second kappa shape index (κ2) is 14.4. The largest absolute Gasteiger partial charge is 0.497 e. The first kappa shape index (κ1) is 26.7. The Hall–Kier alpha value is -2.33. The zero-order valence-corrected chi connectivity index (χ0v) is 21.8. The molecule has 2 aromatic rings. The van der Waals surface area contributed by atoms with Crippen LogP contribution >= 0.6 is 11.3 Å². The van der Waals surface area contributed by atoms with Gasteiger partial charge in [0.2, 0.25) is 0 Å². The molecule has 0 N–H and O–H groups in total. The highest BCUT2D eigenvalue weighted by atomic mass is 32.1. The summed E-state index contributed by atoms with van der Waals surface area (Å²) in [4.78, 5) is 12.0. The van der Waals surface area contributed by atoms with Gasteiger partial charge in [0.15, 0.2) is 0 Å². The first-order valence-electron chi connectivity index (χ1n) is 12.7. The van der Waals surface area contributed by atoms with Crippen molar-refractivity contribution in [2.45, 2.75) is 25.7 Å². The topological polar surface area (TPSA) is 65.4 Å². The number of allylic oxidation sites excluding steroid dienone is 3. The minimum absolute atomic E-state index is 0.140. The predicted molar refractivity (Wildman–Crippen MR) is 143 cm³/mol. The molecule has 1 saturated heterocycles. The van der Waals surface area contributed by atoms with Gasteiger partial charge in [0.05, 0.1) is 50.4 Å². The molecule has 0 amide bonds. The van der Waals surface area contributed by atoms with Crippen LogP contribution in [0.5, 0.6) is 5.75 Å². The molecule has 9 heteroatoms. The number of halogens is 1. The highest BCUT2D eigenvalue weighted by Crippen LogP contribution is 2.31. The number of hydrogen-bond donors (Lipinski definition) is 0. The number of alkyl halides is 1. The van der Waals surface area contributed by atoms with Crippen molar-refractivity contribution < 1.29 is 23.3 Å². The third-order valence-corrected chi connectivity index (χ3v) is 7.46. The average Bonchev–Trinajstić information content (AvgIpc) is 3.18. The third kappa shape index (κ3) is 7.83. The quantitative estimate of drug-likeness (QED) is 0.324. The molecule has 1 fully saturated rings. The molecule has 0 atom stereocenters. The van der Waals surface area contributed by atoms with Crippen LogP contribution in [0.2, 0.25) is 0 Å². The monoisotopic (exact) mass is 517 g/mol. The van der Waals surface area contributed by atoms with E-state index in [-0.39, 0.29) is 6.61 Å². The van der Waals surface area contributed by atoms with Crippen LogP contribution < -0.4 is 4.74 Å². The molecule has 0 spiro atoms. The number of piperidine rings is 1. The highest BCUT2D eigenvalue weighted by Gasteiger charge is 2.21. The molecule has 1 aromatic heterocycles. The first-order valence-corrected chi connectivity index (χ1v) is 13.5. The molecule has 4 rings (SSSR count). The van der Waals surface area contributed by atoms with Crippen LogP contribution in [-0.4, -0.2) is 82.6 Å². The molecule has 3 heterocycles. The number of rotatable bonds is 14. The number of nitrogens with zero attached hydrogens (tertiary/aromatic N) is 3. The summed E-state index contributed by atoms with van der Waals surface area (Å²) in [6.45, 7) is 4.52. The smallest absolute Gasteiger partial charge is 0.125 e. The number of aliphatic imine (C=N–C) groups is 1. The number of benzene rings is 1. The normalized spacial score (nSPS) is 16.8. The summed E-state index contributed by atoms with van der Waals surface area (Å²) in [5.41, 5.74) is 2.06. The number of methoxy groups -OCH3 is 1. The number of hydrogen-bond acceptors (Lipinski definition) is 8. The van der Waals surface area contributed by atoms with Crippen LogP contribution in [-0.2, 0) is 14.2 Å². The lowest BCUT2D eigenvalue weighted by Crippen LogP contribution is -2.33. The van der Waals surface area contributed by atoms with Gasteiger partial charge in [-0.1, -0.05) is 6.08 Å². The lowest BCUT2D eigenvalue weighted by Gasteiger charge is -2.33. The summed E-state index contributed by atoms with van der Waals surface area (Å²) in [5, 5.41) is 0.992. The molecule has 0 radical (unpaired) electrons. The SMILES string of the molecule is COc1ccc2nc(C3=CCC=C(N4CCC(CCOCCOCCOCCF)CC4)N=C3)sc2c1. The van der Waals surface area contributed by atoms with E-state index in [1.165, 1.54) is 0 Å². The zero-order valence-electron chi connectivity index (χ0n) is 21.0. The number of fused-ring (bicyclic) bond motifs is 1. The van der Waals surface area contributed by atoms with E-state index in [0.717, 1.165) is 77.7 Å². The van der Waals surface area contributed by atoms with Crippen LogP contribution in [0.3, 0.4) is 0 Å². The van der Waals surface area contributed by atoms with E-state index in [1.807, 2.05) is 24.4 Å². The third-order valence-electron chi connectivity index (χ3n) is 6.39. The van der Waals surface area contributed by atoms with Gasteiger partial charge in [0.1, 0.15) is 23.3 Å². The number of thiazole rings is 1. The summed E-state index contributed by atoms with van der Waals surface area (Å²) in [5.74, 6) is 2.59. The number of aromatic nitrogens is 1. The van der Waals surface area contributed by atoms with E-state index in [4.69, 9.17) is 28.9 Å². The maximum Gasteiger partial charge on any atom is 0.125 e. The molecule has 0 bridgehead atoms. The van der Waals surface area contributed by atoms with Crippen molar-refractivity contribution in [3.8, 4) is 5.75 Å². The second-order valence-corrected chi connectivity index (χ2v) is 9.84. The molecular formula is C27H36FN3O4S. The van der Waals surface area contributed by atoms with Gasteiger partial charge in [-0.25, -0.2) is 14.4 Å². The van der Waals surface area contributed by atoms with Gasteiger partial charge in [-0.2, -0.15) is 0 Å². The summed E-state index contributed by atoms with van der Waals surface area (Å²) in [7, 11) is 1.68. The summed E-state index contributed by atoms with van der Waals surface area (Å²) in [6, 6.07) is 5.98. The van der Waals surface area contributed by atoms with Gasteiger partial charge >= 0.3 is 0 Å². The Balaban J connectivity index is 1.15. The molecule has 0 saturated carbocycles. The van der Waals surface area contributed by atoms with Gasteiger partial charge in [-0.05, 0) is 55.9 Å². The van der Waals surface area contributed by atoms with Crippen LogP contribution in [0.25, 0.3) is 15.8 Å². The molecular weight excluding hydrogens is 481 g/mol. The van der Waals surface area contributed by atoms with E-state index < -0.39 is 6.67 Å². The fourth-order valence-corrected chi connectivity index (χ4v) is 5.34. The molecule has 2 aliphatic rings. The average molecular weight is 518 g/mol. The molecule has 36 heavy (non-hydrogen) atoms.